The quantitative estimate of drug-likeness (QED) is 0.864. The Morgan fingerprint density at radius 1 is 1.47 bits per heavy atom. The van der Waals surface area contributed by atoms with Crippen LogP contribution in [0.15, 0.2) is 18.3 Å². The van der Waals surface area contributed by atoms with E-state index in [0.29, 0.717) is 19.0 Å². The highest BCUT2D eigenvalue weighted by Crippen LogP contribution is 2.28. The highest BCUT2D eigenvalue weighted by Gasteiger charge is 2.30. The average Bonchev–Trinajstić information content (AvgIpc) is 2.35. The van der Waals surface area contributed by atoms with E-state index in [1.165, 1.54) is 0 Å². The molecule has 1 aromatic heterocycles. The van der Waals surface area contributed by atoms with Gasteiger partial charge in [-0.15, -0.1) is 0 Å². The van der Waals surface area contributed by atoms with Crippen molar-refractivity contribution in [2.75, 3.05) is 6.61 Å². The first-order valence-corrected chi connectivity index (χ1v) is 5.79. The molecule has 1 aromatic rings. The van der Waals surface area contributed by atoms with E-state index < -0.39 is 17.6 Å². The molecule has 0 aliphatic heterocycles. The number of aliphatic hydroxyl groups excluding tert-OH is 1. The van der Waals surface area contributed by atoms with Gasteiger partial charge in [0.15, 0.2) is 0 Å². The number of pyridine rings is 1. The fourth-order valence-electron chi connectivity index (χ4n) is 1.46. The van der Waals surface area contributed by atoms with Crippen LogP contribution < -0.4 is 5.32 Å². The maximum Gasteiger partial charge on any atom is 0.417 e. The number of halogens is 3. The molecule has 0 fully saturated rings. The van der Waals surface area contributed by atoms with Gasteiger partial charge in [-0.2, -0.15) is 13.2 Å². The van der Waals surface area contributed by atoms with Crippen molar-refractivity contribution < 1.29 is 23.1 Å². The molecule has 4 nitrogen and oxygen atoms in total. The Morgan fingerprint density at radius 3 is 2.63 bits per heavy atom. The fourth-order valence-corrected chi connectivity index (χ4v) is 1.46. The number of alkyl halides is 3. The van der Waals surface area contributed by atoms with Crippen LogP contribution in [0.5, 0.6) is 0 Å². The number of hydrogen-bond acceptors (Lipinski definition) is 3. The van der Waals surface area contributed by atoms with Gasteiger partial charge in [0, 0.05) is 18.8 Å². The summed E-state index contributed by atoms with van der Waals surface area (Å²) in [5, 5.41) is 11.2. The summed E-state index contributed by atoms with van der Waals surface area (Å²) < 4.78 is 36.9. The number of aromatic nitrogens is 1. The molecule has 1 heterocycles. The standard InChI is InChI=1S/C12H15F3N2O2/c1-8(3-2-6-18)17-11(19)10-5-4-9(7-16-10)12(13,14)15/h4-5,7-8,18H,2-3,6H2,1H3,(H,17,19). The van der Waals surface area contributed by atoms with Gasteiger partial charge in [-0.3, -0.25) is 9.78 Å². The van der Waals surface area contributed by atoms with Crippen LogP contribution in [0.4, 0.5) is 13.2 Å². The van der Waals surface area contributed by atoms with Crippen LogP contribution >= 0.6 is 0 Å². The number of aliphatic hydroxyl groups is 1. The Bertz CT molecular complexity index is 418. The minimum absolute atomic E-state index is 0.0265. The first-order chi connectivity index (χ1) is 8.84. The van der Waals surface area contributed by atoms with Crippen molar-refractivity contribution in [2.24, 2.45) is 0 Å². The summed E-state index contributed by atoms with van der Waals surface area (Å²) in [6.07, 6.45) is -2.70. The van der Waals surface area contributed by atoms with Gasteiger partial charge in [-0.05, 0) is 31.9 Å². The van der Waals surface area contributed by atoms with Crippen molar-refractivity contribution in [1.29, 1.82) is 0 Å². The molecule has 2 N–H and O–H groups in total. The average molecular weight is 276 g/mol. The molecule has 0 bridgehead atoms. The van der Waals surface area contributed by atoms with Crippen molar-refractivity contribution in [1.82, 2.24) is 10.3 Å². The molecule has 0 aliphatic carbocycles. The molecule has 0 saturated carbocycles. The van der Waals surface area contributed by atoms with Gasteiger partial charge < -0.3 is 10.4 Å². The van der Waals surface area contributed by atoms with E-state index in [9.17, 15) is 18.0 Å². The van der Waals surface area contributed by atoms with E-state index in [2.05, 4.69) is 10.3 Å². The number of carbonyl (C=O) groups is 1. The molecule has 106 valence electrons. The first-order valence-electron chi connectivity index (χ1n) is 5.79. The van der Waals surface area contributed by atoms with E-state index >= 15 is 0 Å². The maximum absolute atomic E-state index is 12.3. The number of nitrogens with one attached hydrogen (secondary N) is 1. The first kappa shape index (κ1) is 15.4. The number of rotatable bonds is 5. The smallest absolute Gasteiger partial charge is 0.396 e. The second-order valence-corrected chi connectivity index (χ2v) is 4.17. The molecule has 1 rings (SSSR count). The number of amides is 1. The lowest BCUT2D eigenvalue weighted by Gasteiger charge is -2.13. The summed E-state index contributed by atoms with van der Waals surface area (Å²) >= 11 is 0. The van der Waals surface area contributed by atoms with E-state index in [1.54, 1.807) is 6.92 Å². The monoisotopic (exact) mass is 276 g/mol. The third kappa shape index (κ3) is 4.86. The van der Waals surface area contributed by atoms with E-state index in [-0.39, 0.29) is 18.3 Å². The van der Waals surface area contributed by atoms with Crippen molar-refractivity contribution in [3.8, 4) is 0 Å². The summed E-state index contributed by atoms with van der Waals surface area (Å²) in [7, 11) is 0. The molecule has 19 heavy (non-hydrogen) atoms. The predicted molar refractivity (Wildman–Crippen MR) is 62.5 cm³/mol. The highest BCUT2D eigenvalue weighted by molar-refractivity contribution is 5.92. The summed E-state index contributed by atoms with van der Waals surface area (Å²) in [6.45, 7) is 1.77. The molecule has 0 saturated heterocycles. The Kier molecular flexibility index (Phi) is 5.29. The van der Waals surface area contributed by atoms with Gasteiger partial charge in [0.2, 0.25) is 0 Å². The zero-order valence-corrected chi connectivity index (χ0v) is 10.4. The highest BCUT2D eigenvalue weighted by atomic mass is 19.4. The van der Waals surface area contributed by atoms with E-state index in [1.807, 2.05) is 0 Å². The Labute approximate surface area is 108 Å². The van der Waals surface area contributed by atoms with Crippen molar-refractivity contribution in [2.45, 2.75) is 32.0 Å². The lowest BCUT2D eigenvalue weighted by molar-refractivity contribution is -0.137. The minimum atomic E-state index is -4.46. The molecule has 0 aromatic carbocycles. The summed E-state index contributed by atoms with van der Waals surface area (Å²) in [5.74, 6) is -0.529. The maximum atomic E-state index is 12.3. The molecular weight excluding hydrogens is 261 g/mol. The van der Waals surface area contributed by atoms with Gasteiger partial charge >= 0.3 is 6.18 Å². The third-order valence-corrected chi connectivity index (χ3v) is 2.50. The van der Waals surface area contributed by atoms with Crippen molar-refractivity contribution in [3.63, 3.8) is 0 Å². The van der Waals surface area contributed by atoms with Crippen LogP contribution in [0.2, 0.25) is 0 Å². The Morgan fingerprint density at radius 2 is 2.16 bits per heavy atom. The van der Waals surface area contributed by atoms with E-state index in [0.717, 1.165) is 12.1 Å². The molecule has 0 spiro atoms. The third-order valence-electron chi connectivity index (χ3n) is 2.50. The second-order valence-electron chi connectivity index (χ2n) is 4.17. The largest absolute Gasteiger partial charge is 0.417 e. The summed E-state index contributed by atoms with van der Waals surface area (Å²) in [4.78, 5) is 15.2. The zero-order chi connectivity index (χ0) is 14.5. The fraction of sp³-hybridized carbons (Fsp3) is 0.500. The molecule has 1 unspecified atom stereocenters. The molecular formula is C12H15F3N2O2. The van der Waals surface area contributed by atoms with Crippen LogP contribution in [-0.4, -0.2) is 28.6 Å². The number of carbonyl (C=O) groups excluding carboxylic acids is 1. The lowest BCUT2D eigenvalue weighted by Crippen LogP contribution is -2.33. The van der Waals surface area contributed by atoms with Gasteiger partial charge in [0.05, 0.1) is 5.56 Å². The van der Waals surface area contributed by atoms with Gasteiger partial charge in [0.1, 0.15) is 5.69 Å². The summed E-state index contributed by atoms with van der Waals surface area (Å²) in [6, 6.07) is 1.68. The predicted octanol–water partition coefficient (Wildman–Crippen LogP) is 1.99. The molecule has 0 aliphatic rings. The minimum Gasteiger partial charge on any atom is -0.396 e. The van der Waals surface area contributed by atoms with Crippen molar-refractivity contribution in [3.05, 3.63) is 29.6 Å². The van der Waals surface area contributed by atoms with Gasteiger partial charge in [-0.25, -0.2) is 0 Å². The number of nitrogens with zero attached hydrogens (tertiary/aromatic N) is 1. The normalized spacial score (nSPS) is 13.1. The van der Waals surface area contributed by atoms with Crippen LogP contribution in [0.25, 0.3) is 0 Å². The molecule has 7 heteroatoms. The van der Waals surface area contributed by atoms with Crippen LogP contribution in [0.3, 0.4) is 0 Å². The Hall–Kier alpha value is -1.63. The number of hydrogen-bond donors (Lipinski definition) is 2. The lowest BCUT2D eigenvalue weighted by atomic mass is 10.2. The van der Waals surface area contributed by atoms with Crippen molar-refractivity contribution >= 4 is 5.91 Å². The zero-order valence-electron chi connectivity index (χ0n) is 10.4. The summed E-state index contributed by atoms with van der Waals surface area (Å²) in [5.41, 5.74) is -0.957. The van der Waals surface area contributed by atoms with Gasteiger partial charge in [0.25, 0.3) is 5.91 Å². The van der Waals surface area contributed by atoms with Crippen LogP contribution in [0.1, 0.15) is 35.8 Å². The van der Waals surface area contributed by atoms with Gasteiger partial charge in [-0.1, -0.05) is 0 Å². The Balaban J connectivity index is 2.63. The molecule has 1 atom stereocenters. The second kappa shape index (κ2) is 6.51. The molecule has 1 amide bonds. The van der Waals surface area contributed by atoms with Crippen LogP contribution in [0, 0.1) is 0 Å². The molecule has 0 radical (unpaired) electrons. The van der Waals surface area contributed by atoms with E-state index in [4.69, 9.17) is 5.11 Å². The van der Waals surface area contributed by atoms with Crippen LogP contribution in [-0.2, 0) is 6.18 Å². The topological polar surface area (TPSA) is 62.2 Å². The SMILES string of the molecule is CC(CCCO)NC(=O)c1ccc(C(F)(F)F)cn1.